The van der Waals surface area contributed by atoms with E-state index in [0.29, 0.717) is 44.3 Å². The molecule has 0 aromatic heterocycles. The van der Waals surface area contributed by atoms with Crippen LogP contribution in [0.5, 0.6) is 5.75 Å². The molecule has 1 heterocycles. The van der Waals surface area contributed by atoms with Gasteiger partial charge in [-0.05, 0) is 43.0 Å². The molecule has 1 saturated carbocycles. The summed E-state index contributed by atoms with van der Waals surface area (Å²) in [4.78, 5) is 14.6. The molecule has 0 radical (unpaired) electrons. The third kappa shape index (κ3) is 4.38. The first-order chi connectivity index (χ1) is 12.5. The van der Waals surface area contributed by atoms with Crippen molar-refractivity contribution in [2.45, 2.75) is 43.4 Å². The van der Waals surface area contributed by atoms with E-state index in [1.165, 1.54) is 23.6 Å². The van der Waals surface area contributed by atoms with Crippen LogP contribution in [0.3, 0.4) is 0 Å². The van der Waals surface area contributed by atoms with Crippen LogP contribution in [0.1, 0.15) is 38.5 Å². The molecule has 1 amide bonds. The van der Waals surface area contributed by atoms with Gasteiger partial charge in [0, 0.05) is 32.6 Å². The number of ether oxygens (including phenoxy) is 1. The highest BCUT2D eigenvalue weighted by Gasteiger charge is 2.30. The third-order valence-corrected chi connectivity index (χ3v) is 7.39. The van der Waals surface area contributed by atoms with Crippen LogP contribution in [0.25, 0.3) is 0 Å². The topological polar surface area (TPSA) is 66.9 Å². The van der Waals surface area contributed by atoms with Gasteiger partial charge in [0.25, 0.3) is 0 Å². The summed E-state index contributed by atoms with van der Waals surface area (Å²) in [6.07, 6.45) is 6.66. The van der Waals surface area contributed by atoms with Crippen molar-refractivity contribution in [1.29, 1.82) is 0 Å². The fourth-order valence-corrected chi connectivity index (χ4v) is 5.26. The van der Waals surface area contributed by atoms with Crippen LogP contribution in [-0.4, -0.2) is 56.8 Å². The van der Waals surface area contributed by atoms with Crippen molar-refractivity contribution >= 4 is 15.9 Å². The number of sulfonamides is 1. The van der Waals surface area contributed by atoms with E-state index in [0.717, 1.165) is 12.8 Å². The van der Waals surface area contributed by atoms with Gasteiger partial charge in [-0.15, -0.1) is 0 Å². The number of piperazine rings is 1. The second-order valence-corrected chi connectivity index (χ2v) is 9.11. The molecule has 2 aliphatic rings. The van der Waals surface area contributed by atoms with E-state index < -0.39 is 10.0 Å². The normalized spacial score (nSPS) is 20.1. The SMILES string of the molecule is COc1ccc(S(=O)(=O)N2CCN(C(=O)CC3CCCCC3)CC2)cc1. The molecule has 7 heteroatoms. The van der Waals surface area contributed by atoms with Gasteiger partial charge in [-0.1, -0.05) is 19.3 Å². The van der Waals surface area contributed by atoms with E-state index in [1.807, 2.05) is 4.90 Å². The molecule has 0 spiro atoms. The molecule has 0 N–H and O–H groups in total. The third-order valence-electron chi connectivity index (χ3n) is 5.48. The summed E-state index contributed by atoms with van der Waals surface area (Å²) in [5.74, 6) is 1.32. The summed E-state index contributed by atoms with van der Waals surface area (Å²) in [6, 6.07) is 6.43. The lowest BCUT2D eigenvalue weighted by molar-refractivity contribution is -0.133. The Morgan fingerprint density at radius 1 is 1.04 bits per heavy atom. The number of carbonyl (C=O) groups is 1. The van der Waals surface area contributed by atoms with Crippen molar-refractivity contribution in [3.05, 3.63) is 24.3 Å². The van der Waals surface area contributed by atoms with Crippen LogP contribution in [0.15, 0.2) is 29.2 Å². The van der Waals surface area contributed by atoms with Crippen molar-refractivity contribution in [3.63, 3.8) is 0 Å². The first-order valence-corrected chi connectivity index (χ1v) is 10.9. The van der Waals surface area contributed by atoms with E-state index in [-0.39, 0.29) is 10.8 Å². The molecule has 1 aromatic carbocycles. The first kappa shape index (κ1) is 19.2. The number of methoxy groups -OCH3 is 1. The van der Waals surface area contributed by atoms with E-state index in [2.05, 4.69) is 0 Å². The lowest BCUT2D eigenvalue weighted by Gasteiger charge is -2.35. The molecule has 0 unspecified atom stereocenters. The fourth-order valence-electron chi connectivity index (χ4n) is 3.84. The number of hydrogen-bond acceptors (Lipinski definition) is 4. The van der Waals surface area contributed by atoms with E-state index in [4.69, 9.17) is 4.74 Å². The van der Waals surface area contributed by atoms with Crippen molar-refractivity contribution in [2.75, 3.05) is 33.3 Å². The van der Waals surface area contributed by atoms with Gasteiger partial charge >= 0.3 is 0 Å². The Kier molecular flexibility index (Phi) is 6.19. The van der Waals surface area contributed by atoms with Crippen LogP contribution in [0.2, 0.25) is 0 Å². The Morgan fingerprint density at radius 2 is 1.65 bits per heavy atom. The van der Waals surface area contributed by atoms with E-state index in [9.17, 15) is 13.2 Å². The van der Waals surface area contributed by atoms with Gasteiger partial charge in [0.2, 0.25) is 15.9 Å². The van der Waals surface area contributed by atoms with Crippen molar-refractivity contribution in [1.82, 2.24) is 9.21 Å². The number of rotatable bonds is 5. The molecule has 26 heavy (non-hydrogen) atoms. The van der Waals surface area contributed by atoms with Crippen LogP contribution in [0, 0.1) is 5.92 Å². The quantitative estimate of drug-likeness (QED) is 0.787. The van der Waals surface area contributed by atoms with Gasteiger partial charge in [-0.25, -0.2) is 8.42 Å². The van der Waals surface area contributed by atoms with Crippen LogP contribution < -0.4 is 4.74 Å². The molecule has 2 fully saturated rings. The average Bonchev–Trinajstić information content (AvgIpc) is 2.69. The van der Waals surface area contributed by atoms with Crippen LogP contribution in [-0.2, 0) is 14.8 Å². The molecule has 1 aliphatic heterocycles. The number of carbonyl (C=O) groups excluding carboxylic acids is 1. The van der Waals surface area contributed by atoms with Crippen molar-refractivity contribution < 1.29 is 17.9 Å². The summed E-state index contributed by atoms with van der Waals surface area (Å²) in [6.45, 7) is 1.65. The number of hydrogen-bond donors (Lipinski definition) is 0. The highest BCUT2D eigenvalue weighted by molar-refractivity contribution is 7.89. The highest BCUT2D eigenvalue weighted by atomic mass is 32.2. The maximum absolute atomic E-state index is 12.8. The van der Waals surface area contributed by atoms with Crippen molar-refractivity contribution in [3.8, 4) is 5.75 Å². The number of amides is 1. The summed E-state index contributed by atoms with van der Waals surface area (Å²) in [5, 5.41) is 0. The van der Waals surface area contributed by atoms with E-state index in [1.54, 1.807) is 31.4 Å². The second kappa shape index (κ2) is 8.39. The molecule has 144 valence electrons. The van der Waals surface area contributed by atoms with Gasteiger partial charge < -0.3 is 9.64 Å². The fraction of sp³-hybridized carbons (Fsp3) is 0.632. The Hall–Kier alpha value is -1.60. The maximum atomic E-state index is 12.8. The smallest absolute Gasteiger partial charge is 0.243 e. The Balaban J connectivity index is 1.55. The predicted octanol–water partition coefficient (Wildman–Crippen LogP) is 2.50. The zero-order valence-electron chi connectivity index (χ0n) is 15.4. The van der Waals surface area contributed by atoms with Crippen LogP contribution >= 0.6 is 0 Å². The van der Waals surface area contributed by atoms with Gasteiger partial charge in [0.15, 0.2) is 0 Å². The molecule has 1 aromatic rings. The average molecular weight is 381 g/mol. The Morgan fingerprint density at radius 3 is 2.23 bits per heavy atom. The maximum Gasteiger partial charge on any atom is 0.243 e. The van der Waals surface area contributed by atoms with Gasteiger partial charge in [-0.2, -0.15) is 4.31 Å². The minimum Gasteiger partial charge on any atom is -0.497 e. The molecule has 0 bridgehead atoms. The molecule has 1 aliphatic carbocycles. The molecular formula is C19H28N2O4S. The molecular weight excluding hydrogens is 352 g/mol. The zero-order valence-corrected chi connectivity index (χ0v) is 16.2. The van der Waals surface area contributed by atoms with Gasteiger partial charge in [0.1, 0.15) is 5.75 Å². The molecule has 3 rings (SSSR count). The lowest BCUT2D eigenvalue weighted by atomic mass is 9.86. The number of nitrogens with zero attached hydrogens (tertiary/aromatic N) is 2. The molecule has 1 saturated heterocycles. The zero-order chi connectivity index (χ0) is 18.6. The summed E-state index contributed by atoms with van der Waals surface area (Å²) >= 11 is 0. The van der Waals surface area contributed by atoms with Crippen molar-refractivity contribution in [2.24, 2.45) is 5.92 Å². The van der Waals surface area contributed by atoms with E-state index >= 15 is 0 Å². The second-order valence-electron chi connectivity index (χ2n) is 7.17. The minimum atomic E-state index is -3.52. The van der Waals surface area contributed by atoms with Crippen LogP contribution in [0.4, 0.5) is 0 Å². The van der Waals surface area contributed by atoms with Gasteiger partial charge in [0.05, 0.1) is 12.0 Å². The predicted molar refractivity (Wildman–Crippen MR) is 99.5 cm³/mol. The molecule has 0 atom stereocenters. The first-order valence-electron chi connectivity index (χ1n) is 9.42. The molecule has 6 nitrogen and oxygen atoms in total. The summed E-state index contributed by atoms with van der Waals surface area (Å²) < 4.78 is 32.1. The monoisotopic (exact) mass is 380 g/mol. The summed E-state index contributed by atoms with van der Waals surface area (Å²) in [5.41, 5.74) is 0. The highest BCUT2D eigenvalue weighted by Crippen LogP contribution is 2.27. The summed E-state index contributed by atoms with van der Waals surface area (Å²) in [7, 11) is -1.97. The number of benzene rings is 1. The minimum absolute atomic E-state index is 0.179. The standard InChI is InChI=1S/C19H28N2O4S/c1-25-17-7-9-18(10-8-17)26(23,24)21-13-11-20(12-14-21)19(22)15-16-5-3-2-4-6-16/h7-10,16H,2-6,11-15H2,1H3. The van der Waals surface area contributed by atoms with Gasteiger partial charge in [-0.3, -0.25) is 4.79 Å². The Labute approximate surface area is 156 Å². The Bertz CT molecular complexity index is 704. The largest absolute Gasteiger partial charge is 0.497 e. The lowest BCUT2D eigenvalue weighted by Crippen LogP contribution is -2.50.